The highest BCUT2D eigenvalue weighted by Crippen LogP contribution is 2.26. The summed E-state index contributed by atoms with van der Waals surface area (Å²) in [6.07, 6.45) is 2.53. The highest BCUT2D eigenvalue weighted by Gasteiger charge is 2.21. The fourth-order valence-corrected chi connectivity index (χ4v) is 3.44. The maximum absolute atomic E-state index is 12.5. The zero-order valence-electron chi connectivity index (χ0n) is 13.6. The van der Waals surface area contributed by atoms with Crippen LogP contribution in [0.15, 0.2) is 40.6 Å². The summed E-state index contributed by atoms with van der Waals surface area (Å²) in [7, 11) is 1.90. The molecule has 2 aromatic heterocycles. The van der Waals surface area contributed by atoms with Gasteiger partial charge < -0.3 is 15.2 Å². The molecular weight excluding hydrogens is 338 g/mol. The van der Waals surface area contributed by atoms with Crippen molar-refractivity contribution < 1.29 is 4.79 Å². The molecular formula is C16H17N7OS. The molecule has 0 atom stereocenters. The molecule has 9 heteroatoms. The first-order valence-corrected chi connectivity index (χ1v) is 8.72. The Hall–Kier alpha value is -2.65. The quantitative estimate of drug-likeness (QED) is 0.657. The third kappa shape index (κ3) is 3.28. The van der Waals surface area contributed by atoms with Crippen LogP contribution in [0.25, 0.3) is 0 Å². The van der Waals surface area contributed by atoms with Crippen molar-refractivity contribution >= 4 is 23.4 Å². The number of carbonyl (C=O) groups is 1. The Morgan fingerprint density at radius 3 is 2.92 bits per heavy atom. The van der Waals surface area contributed by atoms with Gasteiger partial charge in [-0.1, -0.05) is 0 Å². The van der Waals surface area contributed by atoms with Gasteiger partial charge in [0.15, 0.2) is 10.9 Å². The maximum Gasteiger partial charge on any atom is 0.276 e. The van der Waals surface area contributed by atoms with Crippen LogP contribution in [0.1, 0.15) is 21.7 Å². The van der Waals surface area contributed by atoms with Gasteiger partial charge in [-0.05, 0) is 36.0 Å². The fourth-order valence-electron chi connectivity index (χ4n) is 2.68. The summed E-state index contributed by atoms with van der Waals surface area (Å²) in [6.45, 7) is 1.57. The Morgan fingerprint density at radius 1 is 1.32 bits per heavy atom. The standard InChI is InChI=1S/C16H17N7OS/c1-23-9-18-22-16(23)25-11-4-2-10(3-5-11)19-15(24)14-12-8-17-7-6-13(12)20-21-14/h2-5,9,17H,6-8H2,1H3,(H,19,24)(H,20,21). The molecule has 3 heterocycles. The molecule has 3 aromatic rings. The third-order valence-electron chi connectivity index (χ3n) is 4.01. The Bertz CT molecular complexity index is 900. The zero-order chi connectivity index (χ0) is 17.2. The van der Waals surface area contributed by atoms with Crippen molar-refractivity contribution in [3.8, 4) is 0 Å². The summed E-state index contributed by atoms with van der Waals surface area (Å²) in [6, 6.07) is 7.62. The van der Waals surface area contributed by atoms with Crippen LogP contribution in [0.5, 0.6) is 0 Å². The Morgan fingerprint density at radius 2 is 2.16 bits per heavy atom. The average molecular weight is 355 g/mol. The molecule has 1 amide bonds. The van der Waals surface area contributed by atoms with Crippen LogP contribution in [0.3, 0.4) is 0 Å². The van der Waals surface area contributed by atoms with Crippen LogP contribution in [0, 0.1) is 0 Å². The zero-order valence-corrected chi connectivity index (χ0v) is 14.4. The van der Waals surface area contributed by atoms with E-state index in [-0.39, 0.29) is 5.91 Å². The number of nitrogens with one attached hydrogen (secondary N) is 3. The number of hydrogen-bond acceptors (Lipinski definition) is 6. The number of fused-ring (bicyclic) bond motifs is 1. The van der Waals surface area contributed by atoms with Crippen LogP contribution in [0.2, 0.25) is 0 Å². The van der Waals surface area contributed by atoms with E-state index in [0.717, 1.165) is 40.0 Å². The van der Waals surface area contributed by atoms with Gasteiger partial charge in [-0.3, -0.25) is 9.89 Å². The average Bonchev–Trinajstić information content (AvgIpc) is 3.23. The minimum atomic E-state index is -0.199. The van der Waals surface area contributed by atoms with Gasteiger partial charge in [0.25, 0.3) is 5.91 Å². The van der Waals surface area contributed by atoms with Crippen LogP contribution < -0.4 is 10.6 Å². The topological polar surface area (TPSA) is 101 Å². The van der Waals surface area contributed by atoms with E-state index in [2.05, 4.69) is 31.0 Å². The molecule has 1 aliphatic heterocycles. The van der Waals surface area contributed by atoms with Gasteiger partial charge in [-0.15, -0.1) is 10.2 Å². The van der Waals surface area contributed by atoms with Crippen LogP contribution in [-0.2, 0) is 20.0 Å². The number of hydrogen-bond donors (Lipinski definition) is 3. The molecule has 25 heavy (non-hydrogen) atoms. The van der Waals surface area contributed by atoms with Gasteiger partial charge in [0.05, 0.1) is 0 Å². The van der Waals surface area contributed by atoms with Gasteiger partial charge in [-0.2, -0.15) is 5.10 Å². The van der Waals surface area contributed by atoms with Crippen molar-refractivity contribution in [2.24, 2.45) is 7.05 Å². The van der Waals surface area contributed by atoms with Crippen LogP contribution >= 0.6 is 11.8 Å². The lowest BCUT2D eigenvalue weighted by Crippen LogP contribution is -2.25. The van der Waals surface area contributed by atoms with E-state index in [1.165, 1.54) is 11.8 Å². The number of rotatable bonds is 4. The summed E-state index contributed by atoms with van der Waals surface area (Å²) in [5.74, 6) is -0.199. The van der Waals surface area contributed by atoms with E-state index >= 15 is 0 Å². The van der Waals surface area contributed by atoms with Crippen molar-refractivity contribution in [2.45, 2.75) is 23.0 Å². The van der Waals surface area contributed by atoms with Crippen LogP contribution in [0.4, 0.5) is 5.69 Å². The van der Waals surface area contributed by atoms with Crippen molar-refractivity contribution in [3.05, 3.63) is 47.5 Å². The molecule has 0 saturated heterocycles. The molecule has 0 spiro atoms. The lowest BCUT2D eigenvalue weighted by Gasteiger charge is -2.13. The second-order valence-corrected chi connectivity index (χ2v) is 6.80. The Kier molecular flexibility index (Phi) is 4.24. The second-order valence-electron chi connectivity index (χ2n) is 5.76. The molecule has 128 valence electrons. The smallest absolute Gasteiger partial charge is 0.276 e. The van der Waals surface area contributed by atoms with Crippen molar-refractivity contribution in [3.63, 3.8) is 0 Å². The molecule has 0 fully saturated rings. The SMILES string of the molecule is Cn1cnnc1Sc1ccc(NC(=O)c2n[nH]c3c2CNCC3)cc1. The first-order valence-electron chi connectivity index (χ1n) is 7.91. The largest absolute Gasteiger partial charge is 0.321 e. The molecule has 3 N–H and O–H groups in total. The highest BCUT2D eigenvalue weighted by atomic mass is 32.2. The third-order valence-corrected chi connectivity index (χ3v) is 5.07. The maximum atomic E-state index is 12.5. The second kappa shape index (κ2) is 6.69. The van der Waals surface area contributed by atoms with E-state index in [9.17, 15) is 4.79 Å². The number of benzene rings is 1. The lowest BCUT2D eigenvalue weighted by molar-refractivity contribution is 0.102. The molecule has 1 aromatic carbocycles. The number of aromatic nitrogens is 5. The number of amides is 1. The molecule has 0 radical (unpaired) electrons. The molecule has 0 unspecified atom stereocenters. The van der Waals surface area contributed by atoms with Crippen LogP contribution in [-0.4, -0.2) is 37.4 Å². The minimum Gasteiger partial charge on any atom is -0.321 e. The molecule has 8 nitrogen and oxygen atoms in total. The summed E-state index contributed by atoms with van der Waals surface area (Å²) in [5.41, 5.74) is 3.19. The number of anilines is 1. The first-order chi connectivity index (χ1) is 12.2. The van der Waals surface area contributed by atoms with Gasteiger partial charge in [0.2, 0.25) is 0 Å². The number of aromatic amines is 1. The summed E-state index contributed by atoms with van der Waals surface area (Å²) in [5, 5.41) is 22.0. The molecule has 1 aliphatic rings. The first kappa shape index (κ1) is 15.9. The Balaban J connectivity index is 1.45. The van der Waals surface area contributed by atoms with Gasteiger partial charge in [0.1, 0.15) is 6.33 Å². The molecule has 4 rings (SSSR count). The van der Waals surface area contributed by atoms with Gasteiger partial charge in [0, 0.05) is 48.4 Å². The van der Waals surface area contributed by atoms with E-state index < -0.39 is 0 Å². The number of H-pyrrole nitrogens is 1. The van der Waals surface area contributed by atoms with Gasteiger partial charge >= 0.3 is 0 Å². The Labute approximate surface area is 148 Å². The number of aryl methyl sites for hydroxylation is 1. The predicted molar refractivity (Wildman–Crippen MR) is 93.5 cm³/mol. The van der Waals surface area contributed by atoms with Crippen molar-refractivity contribution in [1.29, 1.82) is 0 Å². The number of carbonyl (C=O) groups excluding carboxylic acids is 1. The summed E-state index contributed by atoms with van der Waals surface area (Å²) in [4.78, 5) is 13.5. The van der Waals surface area contributed by atoms with Crippen molar-refractivity contribution in [2.75, 3.05) is 11.9 Å². The summed E-state index contributed by atoms with van der Waals surface area (Å²) >= 11 is 1.52. The predicted octanol–water partition coefficient (Wildman–Crippen LogP) is 1.59. The normalized spacial score (nSPS) is 13.5. The molecule has 0 saturated carbocycles. The van der Waals surface area contributed by atoms with Crippen molar-refractivity contribution in [1.82, 2.24) is 30.3 Å². The van der Waals surface area contributed by atoms with E-state index in [1.54, 1.807) is 6.33 Å². The monoisotopic (exact) mass is 355 g/mol. The van der Waals surface area contributed by atoms with E-state index in [0.29, 0.717) is 12.2 Å². The van der Waals surface area contributed by atoms with E-state index in [1.807, 2.05) is 35.9 Å². The molecule has 0 aliphatic carbocycles. The number of nitrogens with zero attached hydrogens (tertiary/aromatic N) is 4. The summed E-state index contributed by atoms with van der Waals surface area (Å²) < 4.78 is 1.86. The molecule has 0 bridgehead atoms. The lowest BCUT2D eigenvalue weighted by atomic mass is 10.1. The van der Waals surface area contributed by atoms with E-state index in [4.69, 9.17) is 0 Å². The minimum absolute atomic E-state index is 0.199. The fraction of sp³-hybridized carbons (Fsp3) is 0.250. The highest BCUT2D eigenvalue weighted by molar-refractivity contribution is 7.99. The van der Waals surface area contributed by atoms with Gasteiger partial charge in [-0.25, -0.2) is 0 Å².